The zero-order valence-corrected chi connectivity index (χ0v) is 7.17. The van der Waals surface area contributed by atoms with Crippen molar-refractivity contribution in [2.45, 2.75) is 25.7 Å². The van der Waals surface area contributed by atoms with Crippen molar-refractivity contribution in [1.29, 1.82) is 0 Å². The van der Waals surface area contributed by atoms with E-state index >= 15 is 0 Å². The predicted molar refractivity (Wildman–Crippen MR) is 45.7 cm³/mol. The molecule has 0 atom stereocenters. The highest BCUT2D eigenvalue weighted by molar-refractivity contribution is 5.98. The third-order valence-corrected chi connectivity index (χ3v) is 2.20. The number of imidazole rings is 1. The maximum Gasteiger partial charge on any atom is 0.198 e. The van der Waals surface area contributed by atoms with Gasteiger partial charge in [0.1, 0.15) is 5.69 Å². The summed E-state index contributed by atoms with van der Waals surface area (Å²) in [6.07, 6.45) is 4.01. The average molecular weight is 178 g/mol. The minimum absolute atomic E-state index is 0.000880. The quantitative estimate of drug-likeness (QED) is 0.652. The Kier molecular flexibility index (Phi) is 1.96. The van der Waals surface area contributed by atoms with Gasteiger partial charge in [0.2, 0.25) is 0 Å². The van der Waals surface area contributed by atoms with E-state index in [1.807, 2.05) is 0 Å². The zero-order chi connectivity index (χ0) is 9.26. The molecule has 0 unspecified atom stereocenters. The lowest BCUT2D eigenvalue weighted by Crippen LogP contribution is -2.00. The Morgan fingerprint density at radius 3 is 2.62 bits per heavy atom. The fourth-order valence-electron chi connectivity index (χ4n) is 1.43. The van der Waals surface area contributed by atoms with Crippen LogP contribution in [0.4, 0.5) is 0 Å². The summed E-state index contributed by atoms with van der Waals surface area (Å²) in [5.74, 6) is 0.375. The lowest BCUT2D eigenvalue weighted by Gasteiger charge is -1.95. The van der Waals surface area contributed by atoms with Crippen LogP contribution in [-0.2, 0) is 0 Å². The number of Topliss-reactive ketones (excluding diaryl/α,β-unsaturated/α-hetero) is 2. The number of fused-ring (bicyclic) bond motifs is 2. The Hall–Kier alpha value is -1.45. The molecule has 2 rings (SSSR count). The van der Waals surface area contributed by atoms with Crippen LogP contribution in [0.2, 0.25) is 0 Å². The molecule has 4 heteroatoms. The third-order valence-electron chi connectivity index (χ3n) is 2.20. The number of aromatic nitrogens is 2. The molecule has 1 aliphatic heterocycles. The third kappa shape index (κ3) is 1.52. The van der Waals surface area contributed by atoms with Gasteiger partial charge in [-0.2, -0.15) is 0 Å². The Balaban J connectivity index is 2.37. The molecule has 68 valence electrons. The maximum atomic E-state index is 11.4. The molecule has 0 amide bonds. The van der Waals surface area contributed by atoms with E-state index in [0.717, 1.165) is 12.8 Å². The van der Waals surface area contributed by atoms with Crippen LogP contribution in [0, 0.1) is 0 Å². The molecule has 0 aromatic carbocycles. The number of carbonyl (C=O) groups is 2. The van der Waals surface area contributed by atoms with Gasteiger partial charge in [0.15, 0.2) is 17.4 Å². The number of aromatic amines is 1. The molecule has 1 N–H and O–H groups in total. The molecule has 0 saturated heterocycles. The SMILES string of the molecule is O=C1CCCCC(=O)c2ncc1[nH]2. The lowest BCUT2D eigenvalue weighted by molar-refractivity contribution is 0.0956. The molecule has 0 saturated carbocycles. The largest absolute Gasteiger partial charge is 0.333 e. The zero-order valence-electron chi connectivity index (χ0n) is 7.17. The van der Waals surface area contributed by atoms with Gasteiger partial charge in [0.25, 0.3) is 0 Å². The van der Waals surface area contributed by atoms with Crippen molar-refractivity contribution in [3.63, 3.8) is 0 Å². The molecule has 4 nitrogen and oxygen atoms in total. The second kappa shape index (κ2) is 3.12. The number of nitrogens with one attached hydrogen (secondary N) is 1. The van der Waals surface area contributed by atoms with E-state index in [4.69, 9.17) is 0 Å². The molecule has 1 aliphatic rings. The van der Waals surface area contributed by atoms with Crippen molar-refractivity contribution in [2.75, 3.05) is 0 Å². The number of rotatable bonds is 0. The monoisotopic (exact) mass is 178 g/mol. The summed E-state index contributed by atoms with van der Waals surface area (Å²) in [6.45, 7) is 0. The summed E-state index contributed by atoms with van der Waals surface area (Å²) >= 11 is 0. The molecule has 0 aliphatic carbocycles. The van der Waals surface area contributed by atoms with Crippen molar-refractivity contribution in [2.24, 2.45) is 0 Å². The van der Waals surface area contributed by atoms with Crippen LogP contribution in [0.3, 0.4) is 0 Å². The summed E-state index contributed by atoms with van der Waals surface area (Å²) in [5, 5.41) is 0. The highest BCUT2D eigenvalue weighted by Crippen LogP contribution is 2.12. The van der Waals surface area contributed by atoms with Crippen molar-refractivity contribution in [3.8, 4) is 0 Å². The van der Waals surface area contributed by atoms with Crippen molar-refractivity contribution < 1.29 is 9.59 Å². The topological polar surface area (TPSA) is 62.8 Å². The number of H-pyrrole nitrogens is 1. The van der Waals surface area contributed by atoms with Crippen LogP contribution in [0.5, 0.6) is 0 Å². The standard InChI is InChI=1S/C9H10N2O2/c12-7-3-1-2-4-8(13)9-10-5-6(7)11-9/h5H,1-4H2,(H,10,11). The van der Waals surface area contributed by atoms with Gasteiger partial charge in [-0.05, 0) is 12.8 Å². The number of hydrogen-bond donors (Lipinski definition) is 1. The van der Waals surface area contributed by atoms with Gasteiger partial charge in [-0.25, -0.2) is 4.98 Å². The Bertz CT molecular complexity index is 322. The van der Waals surface area contributed by atoms with E-state index in [-0.39, 0.29) is 11.6 Å². The smallest absolute Gasteiger partial charge is 0.198 e. The summed E-state index contributed by atoms with van der Waals surface area (Å²) in [7, 11) is 0. The first-order valence-electron chi connectivity index (χ1n) is 4.39. The van der Waals surface area contributed by atoms with Crippen molar-refractivity contribution in [1.82, 2.24) is 9.97 Å². The van der Waals surface area contributed by atoms with Crippen LogP contribution < -0.4 is 0 Å². The van der Waals surface area contributed by atoms with Crippen LogP contribution in [0.1, 0.15) is 46.8 Å². The molecule has 0 fully saturated rings. The van der Waals surface area contributed by atoms with Crippen LogP contribution >= 0.6 is 0 Å². The minimum atomic E-state index is 0.000880. The highest BCUT2D eigenvalue weighted by Gasteiger charge is 2.16. The van der Waals surface area contributed by atoms with Crippen molar-refractivity contribution in [3.05, 3.63) is 17.7 Å². The van der Waals surface area contributed by atoms with Gasteiger partial charge in [0, 0.05) is 12.8 Å². The van der Waals surface area contributed by atoms with E-state index < -0.39 is 0 Å². The highest BCUT2D eigenvalue weighted by atomic mass is 16.1. The van der Waals surface area contributed by atoms with Gasteiger partial charge in [0.05, 0.1) is 6.20 Å². The van der Waals surface area contributed by atoms with E-state index in [9.17, 15) is 9.59 Å². The first-order valence-corrected chi connectivity index (χ1v) is 4.39. The molecular weight excluding hydrogens is 168 g/mol. The van der Waals surface area contributed by atoms with Gasteiger partial charge >= 0.3 is 0 Å². The predicted octanol–water partition coefficient (Wildman–Crippen LogP) is 1.35. The molecule has 1 aromatic heterocycles. The number of ketones is 2. The molecule has 2 bridgehead atoms. The summed E-state index contributed by atoms with van der Waals surface area (Å²) in [6, 6.07) is 0. The fourth-order valence-corrected chi connectivity index (χ4v) is 1.43. The van der Waals surface area contributed by atoms with Gasteiger partial charge < -0.3 is 4.98 Å². The van der Waals surface area contributed by atoms with Crippen LogP contribution in [0.15, 0.2) is 6.20 Å². The number of hydrogen-bond acceptors (Lipinski definition) is 3. The number of nitrogens with zero attached hydrogens (tertiary/aromatic N) is 1. The first kappa shape index (κ1) is 8.16. The summed E-state index contributed by atoms with van der Waals surface area (Å²) < 4.78 is 0. The van der Waals surface area contributed by atoms with Crippen LogP contribution in [-0.4, -0.2) is 21.5 Å². The van der Waals surface area contributed by atoms with Gasteiger partial charge in [-0.1, -0.05) is 0 Å². The van der Waals surface area contributed by atoms with E-state index in [1.54, 1.807) is 0 Å². The summed E-state index contributed by atoms with van der Waals surface area (Å²) in [5.41, 5.74) is 0.463. The average Bonchev–Trinajstić information content (AvgIpc) is 2.60. The molecule has 13 heavy (non-hydrogen) atoms. The maximum absolute atomic E-state index is 11.4. The molecule has 2 heterocycles. The summed E-state index contributed by atoms with van der Waals surface area (Å²) in [4.78, 5) is 29.3. The first-order chi connectivity index (χ1) is 6.27. The van der Waals surface area contributed by atoms with E-state index in [1.165, 1.54) is 6.20 Å². The van der Waals surface area contributed by atoms with E-state index in [2.05, 4.69) is 9.97 Å². The minimum Gasteiger partial charge on any atom is -0.333 e. The lowest BCUT2D eigenvalue weighted by atomic mass is 10.1. The van der Waals surface area contributed by atoms with Crippen molar-refractivity contribution >= 4 is 11.6 Å². The molecule has 0 radical (unpaired) electrons. The van der Waals surface area contributed by atoms with Gasteiger partial charge in [-0.3, -0.25) is 9.59 Å². The molecular formula is C9H10N2O2. The Morgan fingerprint density at radius 1 is 1.15 bits per heavy atom. The second-order valence-corrected chi connectivity index (χ2v) is 3.20. The fraction of sp³-hybridized carbons (Fsp3) is 0.444. The van der Waals surface area contributed by atoms with E-state index in [0.29, 0.717) is 24.4 Å². The second-order valence-electron chi connectivity index (χ2n) is 3.20. The number of carbonyl (C=O) groups excluding carboxylic acids is 2. The molecule has 1 aromatic rings. The Labute approximate surface area is 75.4 Å². The Morgan fingerprint density at radius 2 is 1.85 bits per heavy atom. The molecule has 0 spiro atoms. The van der Waals surface area contributed by atoms with Crippen LogP contribution in [0.25, 0.3) is 0 Å². The van der Waals surface area contributed by atoms with Gasteiger partial charge in [-0.15, -0.1) is 0 Å². The normalized spacial score (nSPS) is 17.8.